The average molecular weight is 330 g/mol. The molecule has 0 aliphatic carbocycles. The number of ether oxygens (including phenoxy) is 1. The third-order valence-corrected chi connectivity index (χ3v) is 3.66. The van der Waals surface area contributed by atoms with E-state index in [1.807, 2.05) is 24.3 Å². The number of amides is 2. The molecule has 2 rings (SSSR count). The Morgan fingerprint density at radius 3 is 2.83 bits per heavy atom. The highest BCUT2D eigenvalue weighted by Crippen LogP contribution is 2.28. The van der Waals surface area contributed by atoms with Gasteiger partial charge >= 0.3 is 0 Å². The van der Waals surface area contributed by atoms with Gasteiger partial charge in [0.05, 0.1) is 11.9 Å². The fourth-order valence-electron chi connectivity index (χ4n) is 2.25. The van der Waals surface area contributed by atoms with Crippen LogP contribution in [-0.4, -0.2) is 28.2 Å². The summed E-state index contributed by atoms with van der Waals surface area (Å²) in [7, 11) is 0. The number of primary amides is 1. The van der Waals surface area contributed by atoms with Crippen LogP contribution in [0.25, 0.3) is 0 Å². The predicted octanol–water partition coefficient (Wildman–Crippen LogP) is 1.90. The number of aromatic nitrogens is 2. The molecule has 3 N–H and O–H groups in total. The zero-order valence-electron chi connectivity index (χ0n) is 13.9. The van der Waals surface area contributed by atoms with Crippen molar-refractivity contribution in [3.8, 4) is 5.75 Å². The third-order valence-electron chi connectivity index (χ3n) is 3.66. The standard InChI is InChI=1S/C17H22N4O3/c1-3-12(2)14-6-4-5-7-15(14)24-11-17(23)20-13-8-19-21(9-13)10-16(18)22/h4-9,12H,3,10-11H2,1-2H3,(H2,18,22)(H,20,23). The molecule has 2 aromatic rings. The van der Waals surface area contributed by atoms with Crippen molar-refractivity contribution in [2.75, 3.05) is 11.9 Å². The number of nitrogens with one attached hydrogen (secondary N) is 1. The van der Waals surface area contributed by atoms with Crippen LogP contribution in [0.15, 0.2) is 36.7 Å². The molecule has 7 heteroatoms. The van der Waals surface area contributed by atoms with E-state index in [1.54, 1.807) is 0 Å². The molecule has 1 atom stereocenters. The number of hydrogen-bond acceptors (Lipinski definition) is 4. The van der Waals surface area contributed by atoms with Gasteiger partial charge in [0.25, 0.3) is 5.91 Å². The summed E-state index contributed by atoms with van der Waals surface area (Å²) in [5.41, 5.74) is 6.66. The summed E-state index contributed by atoms with van der Waals surface area (Å²) in [6.07, 6.45) is 3.98. The Kier molecular flexibility index (Phi) is 5.95. The second-order valence-corrected chi connectivity index (χ2v) is 5.58. The molecule has 0 saturated carbocycles. The molecule has 1 aromatic carbocycles. The maximum absolute atomic E-state index is 12.0. The molecule has 1 heterocycles. The van der Waals surface area contributed by atoms with E-state index in [0.717, 1.165) is 12.0 Å². The van der Waals surface area contributed by atoms with Crippen molar-refractivity contribution >= 4 is 17.5 Å². The fraction of sp³-hybridized carbons (Fsp3) is 0.353. The zero-order valence-corrected chi connectivity index (χ0v) is 13.9. The van der Waals surface area contributed by atoms with E-state index in [9.17, 15) is 9.59 Å². The van der Waals surface area contributed by atoms with Crippen LogP contribution in [0.1, 0.15) is 31.7 Å². The number of rotatable bonds is 8. The average Bonchev–Trinajstić information content (AvgIpc) is 2.98. The lowest BCUT2D eigenvalue weighted by atomic mass is 9.98. The van der Waals surface area contributed by atoms with Gasteiger partial charge in [-0.15, -0.1) is 0 Å². The van der Waals surface area contributed by atoms with E-state index >= 15 is 0 Å². The van der Waals surface area contributed by atoms with E-state index in [-0.39, 0.29) is 19.1 Å². The van der Waals surface area contributed by atoms with Gasteiger partial charge in [-0.05, 0) is 24.0 Å². The van der Waals surface area contributed by atoms with E-state index in [0.29, 0.717) is 17.4 Å². The number of hydrogen-bond donors (Lipinski definition) is 2. The highest BCUT2D eigenvalue weighted by Gasteiger charge is 2.12. The minimum absolute atomic E-state index is 0.0331. The van der Waals surface area contributed by atoms with Crippen molar-refractivity contribution in [2.24, 2.45) is 5.73 Å². The lowest BCUT2D eigenvalue weighted by Gasteiger charge is -2.15. The van der Waals surface area contributed by atoms with Gasteiger partial charge in [-0.25, -0.2) is 0 Å². The summed E-state index contributed by atoms with van der Waals surface area (Å²) < 4.78 is 7.01. The molecule has 0 bridgehead atoms. The molecular weight excluding hydrogens is 308 g/mol. The highest BCUT2D eigenvalue weighted by molar-refractivity contribution is 5.91. The monoisotopic (exact) mass is 330 g/mol. The Balaban J connectivity index is 1.92. The topological polar surface area (TPSA) is 99.2 Å². The number of nitrogens with two attached hydrogens (primary N) is 1. The maximum Gasteiger partial charge on any atom is 0.262 e. The molecule has 2 amide bonds. The number of carbonyl (C=O) groups excluding carboxylic acids is 2. The Morgan fingerprint density at radius 2 is 2.12 bits per heavy atom. The molecular formula is C17H22N4O3. The highest BCUT2D eigenvalue weighted by atomic mass is 16.5. The van der Waals surface area contributed by atoms with Crippen LogP contribution < -0.4 is 15.8 Å². The van der Waals surface area contributed by atoms with Crippen molar-refractivity contribution in [1.29, 1.82) is 0 Å². The quantitative estimate of drug-likeness (QED) is 0.772. The Morgan fingerprint density at radius 1 is 1.38 bits per heavy atom. The number of anilines is 1. The minimum Gasteiger partial charge on any atom is -0.483 e. The van der Waals surface area contributed by atoms with E-state index in [2.05, 4.69) is 24.3 Å². The second-order valence-electron chi connectivity index (χ2n) is 5.58. The van der Waals surface area contributed by atoms with Crippen LogP contribution in [-0.2, 0) is 16.1 Å². The lowest BCUT2D eigenvalue weighted by Crippen LogP contribution is -2.21. The molecule has 1 aromatic heterocycles. The largest absolute Gasteiger partial charge is 0.483 e. The third kappa shape index (κ3) is 4.84. The molecule has 128 valence electrons. The van der Waals surface area contributed by atoms with Gasteiger partial charge in [0, 0.05) is 6.20 Å². The normalized spacial score (nSPS) is 11.8. The summed E-state index contributed by atoms with van der Waals surface area (Å²) in [6.45, 7) is 4.09. The first-order valence-corrected chi connectivity index (χ1v) is 7.82. The summed E-state index contributed by atoms with van der Waals surface area (Å²) in [5, 5.41) is 6.61. The summed E-state index contributed by atoms with van der Waals surface area (Å²) >= 11 is 0. The number of nitrogens with zero attached hydrogens (tertiary/aromatic N) is 2. The first kappa shape index (κ1) is 17.5. The second kappa shape index (κ2) is 8.14. The summed E-state index contributed by atoms with van der Waals surface area (Å²) in [4.78, 5) is 22.8. The van der Waals surface area contributed by atoms with E-state index in [1.165, 1.54) is 17.1 Å². The molecule has 0 aliphatic heterocycles. The summed E-state index contributed by atoms with van der Waals surface area (Å²) in [6, 6.07) is 7.71. The van der Waals surface area contributed by atoms with Crippen molar-refractivity contribution in [3.05, 3.63) is 42.2 Å². The van der Waals surface area contributed by atoms with Crippen molar-refractivity contribution in [3.63, 3.8) is 0 Å². The predicted molar refractivity (Wildman–Crippen MR) is 90.7 cm³/mol. The number of benzene rings is 1. The van der Waals surface area contributed by atoms with Crippen molar-refractivity contribution < 1.29 is 14.3 Å². The first-order chi connectivity index (χ1) is 11.5. The molecule has 0 spiro atoms. The van der Waals surface area contributed by atoms with Gasteiger partial charge in [0.15, 0.2) is 6.61 Å². The van der Waals surface area contributed by atoms with Crippen LogP contribution >= 0.6 is 0 Å². The Bertz CT molecular complexity index is 711. The summed E-state index contributed by atoms with van der Waals surface area (Å²) in [5.74, 6) is 0.274. The maximum atomic E-state index is 12.0. The molecule has 0 radical (unpaired) electrons. The van der Waals surface area contributed by atoms with Gasteiger partial charge in [-0.2, -0.15) is 5.10 Å². The molecule has 7 nitrogen and oxygen atoms in total. The van der Waals surface area contributed by atoms with Gasteiger partial charge in [0.1, 0.15) is 12.3 Å². The van der Waals surface area contributed by atoms with E-state index < -0.39 is 5.91 Å². The molecule has 24 heavy (non-hydrogen) atoms. The van der Waals surface area contributed by atoms with Gasteiger partial charge in [0.2, 0.25) is 5.91 Å². The van der Waals surface area contributed by atoms with E-state index in [4.69, 9.17) is 10.5 Å². The van der Waals surface area contributed by atoms with Crippen LogP contribution in [0, 0.1) is 0 Å². The van der Waals surface area contributed by atoms with Crippen LogP contribution in [0.5, 0.6) is 5.75 Å². The molecule has 0 saturated heterocycles. The fourth-order valence-corrected chi connectivity index (χ4v) is 2.25. The van der Waals surface area contributed by atoms with Gasteiger partial charge in [-0.3, -0.25) is 14.3 Å². The zero-order chi connectivity index (χ0) is 17.5. The Hall–Kier alpha value is -2.83. The smallest absolute Gasteiger partial charge is 0.262 e. The lowest BCUT2D eigenvalue weighted by molar-refractivity contribution is -0.119. The minimum atomic E-state index is -0.499. The van der Waals surface area contributed by atoms with Crippen LogP contribution in [0.2, 0.25) is 0 Å². The molecule has 0 fully saturated rings. The van der Waals surface area contributed by atoms with Gasteiger partial charge < -0.3 is 15.8 Å². The van der Waals surface area contributed by atoms with Crippen LogP contribution in [0.4, 0.5) is 5.69 Å². The number of carbonyl (C=O) groups is 2. The van der Waals surface area contributed by atoms with Crippen molar-refractivity contribution in [2.45, 2.75) is 32.7 Å². The Labute approximate surface area is 140 Å². The van der Waals surface area contributed by atoms with Crippen molar-refractivity contribution in [1.82, 2.24) is 9.78 Å². The number of para-hydroxylation sites is 1. The molecule has 0 aliphatic rings. The van der Waals surface area contributed by atoms with Gasteiger partial charge in [-0.1, -0.05) is 32.0 Å². The molecule has 1 unspecified atom stereocenters. The SMILES string of the molecule is CCC(C)c1ccccc1OCC(=O)Nc1cnn(CC(N)=O)c1. The van der Waals surface area contributed by atoms with Crippen LogP contribution in [0.3, 0.4) is 0 Å². The first-order valence-electron chi connectivity index (χ1n) is 7.82.